The molecule has 1 aliphatic heterocycles. The zero-order valence-corrected chi connectivity index (χ0v) is 13.4. The molecule has 0 saturated carbocycles. The number of carbonyl (C=O) groups excluding carboxylic acids is 1. The lowest BCUT2D eigenvalue weighted by atomic mass is 9.75. The minimum atomic E-state index is -0.328. The predicted molar refractivity (Wildman–Crippen MR) is 85.6 cm³/mol. The van der Waals surface area contributed by atoms with Crippen LogP contribution in [-0.2, 0) is 4.79 Å². The van der Waals surface area contributed by atoms with Crippen LogP contribution < -0.4 is 15.4 Å². The van der Waals surface area contributed by atoms with Crippen molar-refractivity contribution in [3.05, 3.63) is 24.3 Å². The maximum absolute atomic E-state index is 12.8. The van der Waals surface area contributed by atoms with Crippen molar-refractivity contribution in [1.29, 1.82) is 0 Å². The van der Waals surface area contributed by atoms with Gasteiger partial charge in [-0.15, -0.1) is 0 Å². The molecule has 0 aromatic heterocycles. The summed E-state index contributed by atoms with van der Waals surface area (Å²) in [5.74, 6) is 1.11. The third-order valence-electron chi connectivity index (χ3n) is 4.24. The van der Waals surface area contributed by atoms with Crippen LogP contribution in [0.3, 0.4) is 0 Å². The maximum Gasteiger partial charge on any atom is 0.232 e. The van der Waals surface area contributed by atoms with Gasteiger partial charge in [0.25, 0.3) is 0 Å². The Morgan fingerprint density at radius 3 is 2.57 bits per heavy atom. The van der Waals surface area contributed by atoms with Crippen LogP contribution in [0.2, 0.25) is 0 Å². The number of rotatable bonds is 5. The van der Waals surface area contributed by atoms with Gasteiger partial charge in [-0.2, -0.15) is 0 Å². The standard InChI is InChI=1S/C17H26N2O2/c1-12(2)17(9-10-18-11-17)16(20)19-14-7-5-6-8-15(14)21-13(3)4/h5-8,12-13,18H,9-11H2,1-4H3,(H,19,20). The molecule has 0 spiro atoms. The van der Waals surface area contributed by atoms with Gasteiger partial charge in [0.2, 0.25) is 5.91 Å². The average molecular weight is 290 g/mol. The van der Waals surface area contributed by atoms with E-state index in [9.17, 15) is 4.79 Å². The summed E-state index contributed by atoms with van der Waals surface area (Å²) < 4.78 is 5.77. The van der Waals surface area contributed by atoms with Crippen molar-refractivity contribution in [3.8, 4) is 5.75 Å². The summed E-state index contributed by atoms with van der Waals surface area (Å²) in [6.07, 6.45) is 0.958. The number of anilines is 1. The second-order valence-corrected chi connectivity index (χ2v) is 6.35. The highest BCUT2D eigenvalue weighted by Gasteiger charge is 2.44. The van der Waals surface area contributed by atoms with Crippen LogP contribution in [0.1, 0.15) is 34.1 Å². The van der Waals surface area contributed by atoms with Crippen LogP contribution in [0.15, 0.2) is 24.3 Å². The Morgan fingerprint density at radius 2 is 2.00 bits per heavy atom. The van der Waals surface area contributed by atoms with Gasteiger partial charge < -0.3 is 15.4 Å². The number of benzene rings is 1. The van der Waals surface area contributed by atoms with E-state index < -0.39 is 0 Å². The van der Waals surface area contributed by atoms with Crippen molar-refractivity contribution in [1.82, 2.24) is 5.32 Å². The first kappa shape index (κ1) is 15.8. The molecule has 21 heavy (non-hydrogen) atoms. The van der Waals surface area contributed by atoms with Crippen molar-refractivity contribution in [3.63, 3.8) is 0 Å². The molecule has 2 N–H and O–H groups in total. The van der Waals surface area contributed by atoms with Gasteiger partial charge in [0.15, 0.2) is 0 Å². The number of hydrogen-bond donors (Lipinski definition) is 2. The van der Waals surface area contributed by atoms with Gasteiger partial charge in [0, 0.05) is 6.54 Å². The summed E-state index contributed by atoms with van der Waals surface area (Å²) in [6, 6.07) is 7.62. The number of hydrogen-bond acceptors (Lipinski definition) is 3. The van der Waals surface area contributed by atoms with Gasteiger partial charge in [-0.1, -0.05) is 26.0 Å². The topological polar surface area (TPSA) is 50.4 Å². The summed E-state index contributed by atoms with van der Waals surface area (Å²) in [5, 5.41) is 6.39. The summed E-state index contributed by atoms with van der Waals surface area (Å²) in [6.45, 7) is 9.83. The number of para-hydroxylation sites is 2. The Balaban J connectivity index is 2.19. The average Bonchev–Trinajstić information content (AvgIpc) is 2.91. The number of amides is 1. The first-order valence-electron chi connectivity index (χ1n) is 7.73. The molecule has 0 aliphatic carbocycles. The highest BCUT2D eigenvalue weighted by Crippen LogP contribution is 2.36. The molecular formula is C17H26N2O2. The Bertz CT molecular complexity index is 491. The van der Waals surface area contributed by atoms with E-state index in [-0.39, 0.29) is 17.4 Å². The second kappa shape index (κ2) is 6.48. The molecule has 2 rings (SSSR count). The molecule has 1 saturated heterocycles. The fourth-order valence-corrected chi connectivity index (χ4v) is 2.83. The van der Waals surface area contributed by atoms with Crippen LogP contribution in [0.4, 0.5) is 5.69 Å². The van der Waals surface area contributed by atoms with E-state index in [2.05, 4.69) is 24.5 Å². The van der Waals surface area contributed by atoms with Crippen molar-refractivity contribution in [2.24, 2.45) is 11.3 Å². The lowest BCUT2D eigenvalue weighted by Gasteiger charge is -2.31. The van der Waals surface area contributed by atoms with E-state index in [1.807, 2.05) is 38.1 Å². The summed E-state index contributed by atoms with van der Waals surface area (Å²) in [4.78, 5) is 12.8. The molecule has 0 bridgehead atoms. The highest BCUT2D eigenvalue weighted by molar-refractivity contribution is 5.97. The van der Waals surface area contributed by atoms with Crippen LogP contribution in [0.5, 0.6) is 5.75 Å². The Hall–Kier alpha value is -1.55. The molecule has 1 unspecified atom stereocenters. The van der Waals surface area contributed by atoms with Crippen LogP contribution in [-0.4, -0.2) is 25.1 Å². The van der Waals surface area contributed by atoms with Crippen LogP contribution in [0, 0.1) is 11.3 Å². The fraction of sp³-hybridized carbons (Fsp3) is 0.588. The monoisotopic (exact) mass is 290 g/mol. The van der Waals surface area contributed by atoms with Gasteiger partial charge in [-0.3, -0.25) is 4.79 Å². The second-order valence-electron chi connectivity index (χ2n) is 6.35. The van der Waals surface area contributed by atoms with E-state index in [0.717, 1.165) is 30.9 Å². The smallest absolute Gasteiger partial charge is 0.232 e. The zero-order chi connectivity index (χ0) is 15.5. The third kappa shape index (κ3) is 3.38. The molecule has 1 fully saturated rings. The molecule has 1 aliphatic rings. The number of carbonyl (C=O) groups is 1. The molecule has 1 aromatic carbocycles. The molecular weight excluding hydrogens is 264 g/mol. The highest BCUT2D eigenvalue weighted by atomic mass is 16.5. The molecule has 1 atom stereocenters. The quantitative estimate of drug-likeness (QED) is 0.876. The fourth-order valence-electron chi connectivity index (χ4n) is 2.83. The lowest BCUT2D eigenvalue weighted by molar-refractivity contribution is -0.126. The molecule has 1 aromatic rings. The summed E-state index contributed by atoms with van der Waals surface area (Å²) in [5.41, 5.74) is 0.424. The largest absolute Gasteiger partial charge is 0.489 e. The minimum absolute atomic E-state index is 0.0789. The first-order chi connectivity index (χ1) is 9.95. The first-order valence-corrected chi connectivity index (χ1v) is 7.73. The van der Waals surface area contributed by atoms with Crippen LogP contribution in [0.25, 0.3) is 0 Å². The van der Waals surface area contributed by atoms with Crippen molar-refractivity contribution >= 4 is 11.6 Å². The third-order valence-corrected chi connectivity index (χ3v) is 4.24. The normalized spacial score (nSPS) is 21.8. The van der Waals surface area contributed by atoms with Crippen molar-refractivity contribution in [2.75, 3.05) is 18.4 Å². The Labute approximate surface area is 127 Å². The minimum Gasteiger partial charge on any atom is -0.489 e. The molecule has 4 heteroatoms. The SMILES string of the molecule is CC(C)Oc1ccccc1NC(=O)C1(C(C)C)CCNC1. The van der Waals surface area contributed by atoms with Crippen molar-refractivity contribution < 1.29 is 9.53 Å². The van der Waals surface area contributed by atoms with Gasteiger partial charge in [-0.05, 0) is 44.9 Å². The van der Waals surface area contributed by atoms with E-state index in [1.165, 1.54) is 0 Å². The van der Waals surface area contributed by atoms with E-state index in [1.54, 1.807) is 0 Å². The molecule has 0 radical (unpaired) electrons. The van der Waals surface area contributed by atoms with Crippen molar-refractivity contribution in [2.45, 2.75) is 40.2 Å². The van der Waals surface area contributed by atoms with Crippen LogP contribution >= 0.6 is 0 Å². The predicted octanol–water partition coefficient (Wildman–Crippen LogP) is 3.05. The Morgan fingerprint density at radius 1 is 1.29 bits per heavy atom. The number of nitrogens with one attached hydrogen (secondary N) is 2. The van der Waals surface area contributed by atoms with E-state index in [0.29, 0.717) is 5.92 Å². The molecule has 1 heterocycles. The zero-order valence-electron chi connectivity index (χ0n) is 13.4. The molecule has 1 amide bonds. The summed E-state index contributed by atoms with van der Waals surface area (Å²) in [7, 11) is 0. The lowest BCUT2D eigenvalue weighted by Crippen LogP contribution is -2.42. The van der Waals surface area contributed by atoms with Gasteiger partial charge in [0.1, 0.15) is 5.75 Å². The van der Waals surface area contributed by atoms with E-state index >= 15 is 0 Å². The maximum atomic E-state index is 12.8. The number of ether oxygens (including phenoxy) is 1. The summed E-state index contributed by atoms with van der Waals surface area (Å²) >= 11 is 0. The van der Waals surface area contributed by atoms with Gasteiger partial charge >= 0.3 is 0 Å². The van der Waals surface area contributed by atoms with Gasteiger partial charge in [-0.25, -0.2) is 0 Å². The Kier molecular flexibility index (Phi) is 4.88. The molecule has 4 nitrogen and oxygen atoms in total. The molecule has 116 valence electrons. The van der Waals surface area contributed by atoms with E-state index in [4.69, 9.17) is 4.74 Å². The van der Waals surface area contributed by atoms with Gasteiger partial charge in [0.05, 0.1) is 17.2 Å².